The van der Waals surface area contributed by atoms with Crippen molar-refractivity contribution in [1.29, 1.82) is 0 Å². The Morgan fingerprint density at radius 3 is 2.79 bits per heavy atom. The molecule has 0 unspecified atom stereocenters. The van der Waals surface area contributed by atoms with Crippen molar-refractivity contribution in [2.75, 3.05) is 0 Å². The van der Waals surface area contributed by atoms with Gasteiger partial charge in [-0.25, -0.2) is 0 Å². The van der Waals surface area contributed by atoms with Crippen molar-refractivity contribution in [3.8, 4) is 0 Å². The Morgan fingerprint density at radius 2 is 2.14 bits per heavy atom. The normalized spacial score (nSPS) is 11.4. The Kier molecular flexibility index (Phi) is 2.28. The molecule has 0 atom stereocenters. The summed E-state index contributed by atoms with van der Waals surface area (Å²) in [6.45, 7) is 6.44. The highest BCUT2D eigenvalue weighted by atomic mass is 16.5. The van der Waals surface area contributed by atoms with Crippen molar-refractivity contribution in [1.82, 2.24) is 5.16 Å². The molecule has 1 heterocycles. The first-order valence-electron chi connectivity index (χ1n) is 5.11. The maximum Gasteiger partial charge on any atom is 0.170 e. The lowest BCUT2D eigenvalue weighted by Crippen LogP contribution is -1.87. The Balaban J connectivity index is 2.70. The molecule has 0 bridgehead atoms. The predicted molar refractivity (Wildman–Crippen MR) is 57.5 cm³/mol. The van der Waals surface area contributed by atoms with Gasteiger partial charge in [0.2, 0.25) is 0 Å². The molecule has 0 aliphatic rings. The summed E-state index contributed by atoms with van der Waals surface area (Å²) in [6, 6.07) is 6.27. The van der Waals surface area contributed by atoms with E-state index >= 15 is 0 Å². The van der Waals surface area contributed by atoms with Crippen molar-refractivity contribution in [2.45, 2.75) is 33.1 Å². The van der Waals surface area contributed by atoms with Crippen molar-refractivity contribution in [3.05, 3.63) is 29.5 Å². The van der Waals surface area contributed by atoms with Gasteiger partial charge in [0.15, 0.2) is 5.58 Å². The largest absolute Gasteiger partial charge is 0.356 e. The molecule has 0 saturated carbocycles. The third-order valence-corrected chi connectivity index (χ3v) is 2.56. The predicted octanol–water partition coefficient (Wildman–Crippen LogP) is 3.51. The standard InChI is InChI=1S/C12H15NO/c1-4-11-10-7-5-6-9(8(2)3)12(10)14-13-11/h5-8H,4H2,1-3H3. The molecule has 74 valence electrons. The molecule has 0 saturated heterocycles. The first-order chi connectivity index (χ1) is 6.74. The zero-order valence-corrected chi connectivity index (χ0v) is 8.87. The van der Waals surface area contributed by atoms with E-state index in [-0.39, 0.29) is 0 Å². The molecule has 0 aliphatic carbocycles. The number of hydrogen-bond donors (Lipinski definition) is 0. The number of fused-ring (bicyclic) bond motifs is 1. The summed E-state index contributed by atoms with van der Waals surface area (Å²) in [4.78, 5) is 0. The van der Waals surface area contributed by atoms with Crippen LogP contribution in [-0.4, -0.2) is 5.16 Å². The second kappa shape index (κ2) is 3.45. The van der Waals surface area contributed by atoms with Crippen molar-refractivity contribution in [2.24, 2.45) is 0 Å². The molecule has 0 amide bonds. The maximum atomic E-state index is 5.38. The Hall–Kier alpha value is -1.31. The number of aryl methyl sites for hydroxylation is 1. The maximum absolute atomic E-state index is 5.38. The quantitative estimate of drug-likeness (QED) is 0.722. The second-order valence-corrected chi connectivity index (χ2v) is 3.86. The van der Waals surface area contributed by atoms with Gasteiger partial charge in [-0.05, 0) is 18.4 Å². The number of nitrogens with zero attached hydrogens (tertiary/aromatic N) is 1. The second-order valence-electron chi connectivity index (χ2n) is 3.86. The monoisotopic (exact) mass is 189 g/mol. The van der Waals surface area contributed by atoms with E-state index in [1.165, 1.54) is 10.9 Å². The van der Waals surface area contributed by atoms with E-state index in [0.29, 0.717) is 5.92 Å². The molecular weight excluding hydrogens is 174 g/mol. The average molecular weight is 189 g/mol. The van der Waals surface area contributed by atoms with Crippen LogP contribution in [0.5, 0.6) is 0 Å². The van der Waals surface area contributed by atoms with E-state index in [0.717, 1.165) is 17.7 Å². The van der Waals surface area contributed by atoms with Gasteiger partial charge in [-0.2, -0.15) is 0 Å². The van der Waals surface area contributed by atoms with Crippen LogP contribution < -0.4 is 0 Å². The van der Waals surface area contributed by atoms with Gasteiger partial charge in [0.25, 0.3) is 0 Å². The van der Waals surface area contributed by atoms with Gasteiger partial charge >= 0.3 is 0 Å². The first-order valence-corrected chi connectivity index (χ1v) is 5.11. The topological polar surface area (TPSA) is 26.0 Å². The zero-order valence-electron chi connectivity index (χ0n) is 8.87. The molecule has 1 aromatic carbocycles. The molecule has 2 nitrogen and oxygen atoms in total. The van der Waals surface area contributed by atoms with E-state index < -0.39 is 0 Å². The van der Waals surface area contributed by atoms with Gasteiger partial charge < -0.3 is 4.52 Å². The van der Waals surface area contributed by atoms with Gasteiger partial charge in [0.05, 0.1) is 5.69 Å². The van der Waals surface area contributed by atoms with Crippen LogP contribution in [0.1, 0.15) is 37.9 Å². The van der Waals surface area contributed by atoms with E-state index in [2.05, 4.69) is 44.1 Å². The first kappa shape index (κ1) is 9.25. The lowest BCUT2D eigenvalue weighted by Gasteiger charge is -2.03. The summed E-state index contributed by atoms with van der Waals surface area (Å²) in [5, 5.41) is 5.25. The van der Waals surface area contributed by atoms with Gasteiger partial charge in [0, 0.05) is 10.9 Å². The Labute approximate surface area is 83.9 Å². The Morgan fingerprint density at radius 1 is 1.36 bits per heavy atom. The van der Waals surface area contributed by atoms with Crippen LogP contribution in [0.2, 0.25) is 0 Å². The third-order valence-electron chi connectivity index (χ3n) is 2.56. The van der Waals surface area contributed by atoms with Crippen LogP contribution in [-0.2, 0) is 6.42 Å². The van der Waals surface area contributed by atoms with E-state index in [4.69, 9.17) is 4.52 Å². The summed E-state index contributed by atoms with van der Waals surface area (Å²) in [5.41, 5.74) is 3.26. The van der Waals surface area contributed by atoms with Gasteiger partial charge in [-0.15, -0.1) is 0 Å². The van der Waals surface area contributed by atoms with E-state index in [9.17, 15) is 0 Å². The van der Waals surface area contributed by atoms with Crippen LogP contribution in [0.3, 0.4) is 0 Å². The highest BCUT2D eigenvalue weighted by Gasteiger charge is 2.11. The molecule has 0 N–H and O–H groups in total. The fraction of sp³-hybridized carbons (Fsp3) is 0.417. The Bertz CT molecular complexity index is 443. The van der Waals surface area contributed by atoms with Crippen molar-refractivity contribution < 1.29 is 4.52 Å². The number of benzene rings is 1. The lowest BCUT2D eigenvalue weighted by atomic mass is 10.0. The minimum Gasteiger partial charge on any atom is -0.356 e. The minimum absolute atomic E-state index is 0.483. The smallest absolute Gasteiger partial charge is 0.170 e. The fourth-order valence-electron chi connectivity index (χ4n) is 1.74. The molecule has 14 heavy (non-hydrogen) atoms. The van der Waals surface area contributed by atoms with Gasteiger partial charge in [0.1, 0.15) is 0 Å². The highest BCUT2D eigenvalue weighted by molar-refractivity contribution is 5.82. The molecule has 0 aliphatic heterocycles. The van der Waals surface area contributed by atoms with Crippen LogP contribution in [0.15, 0.2) is 22.7 Å². The lowest BCUT2D eigenvalue weighted by molar-refractivity contribution is 0.444. The summed E-state index contributed by atoms with van der Waals surface area (Å²) in [6.07, 6.45) is 0.925. The van der Waals surface area contributed by atoms with Crippen LogP contribution in [0.4, 0.5) is 0 Å². The molecule has 0 radical (unpaired) electrons. The summed E-state index contributed by atoms with van der Waals surface area (Å²) in [5.74, 6) is 0.483. The molecular formula is C12H15NO. The van der Waals surface area contributed by atoms with E-state index in [1.807, 2.05) is 0 Å². The number of para-hydroxylation sites is 1. The van der Waals surface area contributed by atoms with Gasteiger partial charge in [-0.3, -0.25) is 0 Å². The van der Waals surface area contributed by atoms with Gasteiger partial charge in [-0.1, -0.05) is 38.1 Å². The van der Waals surface area contributed by atoms with Crippen LogP contribution >= 0.6 is 0 Å². The molecule has 1 aromatic heterocycles. The number of hydrogen-bond acceptors (Lipinski definition) is 2. The van der Waals surface area contributed by atoms with Crippen molar-refractivity contribution >= 4 is 11.0 Å². The molecule has 2 rings (SSSR count). The van der Waals surface area contributed by atoms with Crippen LogP contribution in [0.25, 0.3) is 11.0 Å². The van der Waals surface area contributed by atoms with Crippen molar-refractivity contribution in [3.63, 3.8) is 0 Å². The molecule has 2 aromatic rings. The number of aromatic nitrogens is 1. The van der Waals surface area contributed by atoms with E-state index in [1.54, 1.807) is 0 Å². The average Bonchev–Trinajstić information content (AvgIpc) is 2.59. The molecule has 0 spiro atoms. The summed E-state index contributed by atoms with van der Waals surface area (Å²) < 4.78 is 5.38. The third kappa shape index (κ3) is 1.31. The molecule has 2 heteroatoms. The fourth-order valence-corrected chi connectivity index (χ4v) is 1.74. The zero-order chi connectivity index (χ0) is 10.1. The molecule has 0 fully saturated rings. The summed E-state index contributed by atoms with van der Waals surface area (Å²) >= 11 is 0. The highest BCUT2D eigenvalue weighted by Crippen LogP contribution is 2.27. The summed E-state index contributed by atoms with van der Waals surface area (Å²) in [7, 11) is 0. The SMILES string of the molecule is CCc1noc2c(C(C)C)cccc12. The minimum atomic E-state index is 0.483. The van der Waals surface area contributed by atoms with Crippen LogP contribution in [0, 0.1) is 0 Å². The number of rotatable bonds is 2.